The smallest absolute Gasteiger partial charge is 0.139 e. The fraction of sp³-hybridized carbons (Fsp3) is 0.812. The highest BCUT2D eigenvalue weighted by atomic mass is 16.5. The van der Waals surface area contributed by atoms with Crippen molar-refractivity contribution in [1.29, 1.82) is 0 Å². The first-order valence-corrected chi connectivity index (χ1v) is 7.50. The third-order valence-electron chi connectivity index (χ3n) is 5.89. The van der Waals surface area contributed by atoms with Gasteiger partial charge in [0.2, 0.25) is 0 Å². The van der Waals surface area contributed by atoms with Crippen LogP contribution in [0.15, 0.2) is 12.2 Å². The third kappa shape index (κ3) is 1.74. The van der Waals surface area contributed by atoms with E-state index in [-0.39, 0.29) is 17.6 Å². The lowest BCUT2D eigenvalue weighted by Gasteiger charge is -2.45. The zero-order valence-electron chi connectivity index (χ0n) is 11.9. The fourth-order valence-corrected chi connectivity index (χ4v) is 4.43. The summed E-state index contributed by atoms with van der Waals surface area (Å²) in [5.41, 5.74) is -0.924. The Balaban J connectivity index is 1.91. The summed E-state index contributed by atoms with van der Waals surface area (Å²) < 4.78 is 5.96. The van der Waals surface area contributed by atoms with Crippen molar-refractivity contribution in [2.24, 2.45) is 17.3 Å². The van der Waals surface area contributed by atoms with Crippen LogP contribution in [0.3, 0.4) is 0 Å². The number of carbonyl (C=O) groups excluding carboxylic acids is 1. The minimum absolute atomic E-state index is 0.0141. The maximum atomic E-state index is 12.3. The minimum Gasteiger partial charge on any atom is -0.392 e. The maximum absolute atomic E-state index is 12.3. The van der Waals surface area contributed by atoms with Gasteiger partial charge in [0.15, 0.2) is 0 Å². The number of aliphatic hydroxyl groups excluding tert-OH is 1. The SMILES string of the molecule is C[C@]12OCC[C@H]1C(=O)C[C@]2(C)[C@@H](O)[C@@H]1C=CCCC1. The van der Waals surface area contributed by atoms with Gasteiger partial charge in [-0.3, -0.25) is 4.79 Å². The van der Waals surface area contributed by atoms with Gasteiger partial charge in [0.1, 0.15) is 5.78 Å². The van der Waals surface area contributed by atoms with Crippen molar-refractivity contribution in [1.82, 2.24) is 0 Å². The van der Waals surface area contributed by atoms with Crippen molar-refractivity contribution in [2.45, 2.75) is 57.7 Å². The Hall–Kier alpha value is -0.670. The number of hydrogen-bond acceptors (Lipinski definition) is 3. The van der Waals surface area contributed by atoms with Crippen LogP contribution in [-0.4, -0.2) is 29.2 Å². The number of carbonyl (C=O) groups is 1. The van der Waals surface area contributed by atoms with Gasteiger partial charge in [-0.2, -0.15) is 0 Å². The van der Waals surface area contributed by atoms with Crippen LogP contribution in [0.1, 0.15) is 46.0 Å². The lowest BCUT2D eigenvalue weighted by molar-refractivity contribution is -0.138. The Bertz CT molecular complexity index is 416. The van der Waals surface area contributed by atoms with Crippen LogP contribution in [0.4, 0.5) is 0 Å². The van der Waals surface area contributed by atoms with E-state index < -0.39 is 17.1 Å². The lowest BCUT2D eigenvalue weighted by atomic mass is 9.66. The Labute approximate surface area is 115 Å². The summed E-state index contributed by atoms with van der Waals surface area (Å²) in [7, 11) is 0. The number of aliphatic hydroxyl groups is 1. The van der Waals surface area contributed by atoms with Crippen molar-refractivity contribution in [2.75, 3.05) is 6.61 Å². The molecule has 0 aromatic rings. The number of ketones is 1. The summed E-state index contributed by atoms with van der Waals surface area (Å²) in [6.07, 6.45) is 8.34. The predicted octanol–water partition coefficient (Wildman–Crippen LogP) is 2.48. The van der Waals surface area contributed by atoms with Gasteiger partial charge in [0.25, 0.3) is 0 Å². The normalized spacial score (nSPS) is 47.4. The Morgan fingerprint density at radius 2 is 2.21 bits per heavy atom. The summed E-state index contributed by atoms with van der Waals surface area (Å²) in [5.74, 6) is 0.437. The number of Topliss-reactive ketones (excluding diaryl/α,β-unsaturated/α-hetero) is 1. The molecule has 3 nitrogen and oxygen atoms in total. The van der Waals surface area contributed by atoms with Gasteiger partial charge in [-0.1, -0.05) is 19.1 Å². The number of hydrogen-bond donors (Lipinski definition) is 1. The maximum Gasteiger partial charge on any atom is 0.139 e. The monoisotopic (exact) mass is 264 g/mol. The van der Waals surface area contributed by atoms with Crippen molar-refractivity contribution < 1.29 is 14.6 Å². The lowest BCUT2D eigenvalue weighted by Crippen LogP contribution is -2.52. The van der Waals surface area contributed by atoms with Gasteiger partial charge in [0, 0.05) is 30.3 Å². The Morgan fingerprint density at radius 1 is 1.42 bits per heavy atom. The van der Waals surface area contributed by atoms with E-state index in [1.54, 1.807) is 0 Å². The molecule has 2 fully saturated rings. The molecule has 1 heterocycles. The second-order valence-electron chi connectivity index (χ2n) is 6.83. The van der Waals surface area contributed by atoms with Crippen molar-refractivity contribution in [3.8, 4) is 0 Å². The minimum atomic E-state index is -0.485. The molecule has 3 heteroatoms. The Morgan fingerprint density at radius 3 is 2.89 bits per heavy atom. The zero-order valence-corrected chi connectivity index (χ0v) is 11.9. The van der Waals surface area contributed by atoms with E-state index in [1.165, 1.54) is 0 Å². The molecule has 2 aliphatic carbocycles. The van der Waals surface area contributed by atoms with Crippen molar-refractivity contribution in [3.63, 3.8) is 0 Å². The first-order chi connectivity index (χ1) is 8.99. The molecule has 106 valence electrons. The molecule has 0 aromatic carbocycles. The largest absolute Gasteiger partial charge is 0.392 e. The van der Waals surface area contributed by atoms with Crippen molar-refractivity contribution in [3.05, 3.63) is 12.2 Å². The van der Waals surface area contributed by atoms with E-state index >= 15 is 0 Å². The van der Waals surface area contributed by atoms with E-state index in [0.717, 1.165) is 25.7 Å². The second kappa shape index (κ2) is 4.42. The van der Waals surface area contributed by atoms with Crippen LogP contribution >= 0.6 is 0 Å². The fourth-order valence-electron chi connectivity index (χ4n) is 4.43. The number of allylic oxidation sites excluding steroid dienone is 1. The zero-order chi connectivity index (χ0) is 13.7. The highest BCUT2D eigenvalue weighted by Gasteiger charge is 2.65. The van der Waals surface area contributed by atoms with E-state index in [0.29, 0.717) is 13.0 Å². The summed E-state index contributed by atoms with van der Waals surface area (Å²) in [6, 6.07) is 0. The summed E-state index contributed by atoms with van der Waals surface area (Å²) in [6.45, 7) is 4.73. The van der Waals surface area contributed by atoms with E-state index in [9.17, 15) is 9.90 Å². The first kappa shape index (κ1) is 13.3. The topological polar surface area (TPSA) is 46.5 Å². The standard InChI is InChI=1S/C16H24O3/c1-15(14(18)11-6-4-3-5-7-11)10-13(17)12-8-9-19-16(12,15)2/h4,6,11-12,14,18H,3,5,7-10H2,1-2H3/t11-,12+,14+,15-,16+/m1/s1. The molecule has 1 saturated heterocycles. The van der Waals surface area contributed by atoms with Gasteiger partial charge >= 0.3 is 0 Å². The molecule has 0 bridgehead atoms. The van der Waals surface area contributed by atoms with Crippen molar-refractivity contribution >= 4 is 5.78 Å². The molecule has 1 N–H and O–H groups in total. The predicted molar refractivity (Wildman–Crippen MR) is 72.7 cm³/mol. The van der Waals surface area contributed by atoms with Gasteiger partial charge < -0.3 is 9.84 Å². The van der Waals surface area contributed by atoms with Crippen LogP contribution in [0.2, 0.25) is 0 Å². The van der Waals surface area contributed by atoms with E-state index in [4.69, 9.17) is 4.74 Å². The average Bonchev–Trinajstić information content (AvgIpc) is 2.89. The molecule has 0 radical (unpaired) electrons. The number of ether oxygens (including phenoxy) is 1. The van der Waals surface area contributed by atoms with Crippen LogP contribution in [0.5, 0.6) is 0 Å². The Kier molecular flexibility index (Phi) is 3.10. The van der Waals surface area contributed by atoms with Crippen LogP contribution in [-0.2, 0) is 9.53 Å². The molecule has 0 spiro atoms. The molecule has 0 aromatic heterocycles. The summed E-state index contributed by atoms with van der Waals surface area (Å²) in [5, 5.41) is 10.9. The average molecular weight is 264 g/mol. The first-order valence-electron chi connectivity index (χ1n) is 7.50. The highest BCUT2D eigenvalue weighted by molar-refractivity contribution is 5.86. The third-order valence-corrected chi connectivity index (χ3v) is 5.89. The molecule has 0 unspecified atom stereocenters. The molecule has 3 rings (SSSR count). The molecular formula is C16H24O3. The molecule has 1 saturated carbocycles. The van der Waals surface area contributed by atoms with E-state index in [2.05, 4.69) is 12.2 Å². The molecular weight excluding hydrogens is 240 g/mol. The van der Waals surface area contributed by atoms with Gasteiger partial charge in [-0.05, 0) is 32.6 Å². The van der Waals surface area contributed by atoms with Crippen LogP contribution < -0.4 is 0 Å². The molecule has 19 heavy (non-hydrogen) atoms. The van der Waals surface area contributed by atoms with Crippen LogP contribution in [0, 0.1) is 17.3 Å². The second-order valence-corrected chi connectivity index (χ2v) is 6.83. The van der Waals surface area contributed by atoms with Gasteiger partial charge in [-0.25, -0.2) is 0 Å². The molecule has 0 amide bonds. The molecule has 5 atom stereocenters. The summed E-state index contributed by atoms with van der Waals surface area (Å²) in [4.78, 5) is 12.3. The molecule has 1 aliphatic heterocycles. The quantitative estimate of drug-likeness (QED) is 0.779. The summed E-state index contributed by atoms with van der Waals surface area (Å²) >= 11 is 0. The van der Waals surface area contributed by atoms with E-state index in [1.807, 2.05) is 13.8 Å². The molecule has 3 aliphatic rings. The number of rotatable bonds is 2. The van der Waals surface area contributed by atoms with Gasteiger partial charge in [0.05, 0.1) is 11.7 Å². The number of fused-ring (bicyclic) bond motifs is 1. The van der Waals surface area contributed by atoms with Gasteiger partial charge in [-0.15, -0.1) is 0 Å². The van der Waals surface area contributed by atoms with Crippen LogP contribution in [0.25, 0.3) is 0 Å². The highest BCUT2D eigenvalue weighted by Crippen LogP contribution is 2.57.